The number of pyridine rings is 1. The monoisotopic (exact) mass is 233 g/mol. The summed E-state index contributed by atoms with van der Waals surface area (Å²) >= 11 is 0. The van der Waals surface area contributed by atoms with Gasteiger partial charge in [0.2, 0.25) is 0 Å². The molecule has 1 N–H and O–H groups in total. The summed E-state index contributed by atoms with van der Waals surface area (Å²) in [5.41, 5.74) is 1.26. The zero-order chi connectivity index (χ0) is 12.3. The van der Waals surface area contributed by atoms with E-state index in [9.17, 15) is 0 Å². The molecule has 0 amide bonds. The van der Waals surface area contributed by atoms with E-state index in [-0.39, 0.29) is 0 Å². The number of rotatable bonds is 4. The van der Waals surface area contributed by atoms with E-state index < -0.39 is 0 Å². The summed E-state index contributed by atoms with van der Waals surface area (Å²) in [5, 5.41) is 3.45. The molecule has 1 saturated heterocycles. The van der Waals surface area contributed by atoms with Crippen molar-refractivity contribution in [3.8, 4) is 0 Å². The lowest BCUT2D eigenvalue weighted by molar-refractivity contribution is 0.266. The third-order valence-corrected chi connectivity index (χ3v) is 3.53. The molecular weight excluding hydrogens is 210 g/mol. The van der Waals surface area contributed by atoms with Crippen LogP contribution in [0.5, 0.6) is 0 Å². The molecule has 1 unspecified atom stereocenters. The van der Waals surface area contributed by atoms with Crippen LogP contribution in [0.15, 0.2) is 18.3 Å². The Balaban J connectivity index is 1.80. The Morgan fingerprint density at radius 2 is 2.35 bits per heavy atom. The Labute approximate surface area is 104 Å². The molecule has 0 saturated carbocycles. The molecule has 0 spiro atoms. The molecule has 1 aliphatic rings. The minimum atomic E-state index is 0.678. The normalized spacial score (nSPS) is 21.1. The van der Waals surface area contributed by atoms with E-state index >= 15 is 0 Å². The lowest BCUT2D eigenvalue weighted by Crippen LogP contribution is -2.29. The molecule has 0 radical (unpaired) electrons. The van der Waals surface area contributed by atoms with Crippen molar-refractivity contribution in [1.82, 2.24) is 9.88 Å². The SMILES string of the molecule is Cc1ccnc(NCC2CCN(C(C)C)C2)c1. The molecule has 3 heteroatoms. The summed E-state index contributed by atoms with van der Waals surface area (Å²) in [5.74, 6) is 1.77. The third-order valence-electron chi connectivity index (χ3n) is 3.53. The number of likely N-dealkylation sites (tertiary alicyclic amines) is 1. The highest BCUT2D eigenvalue weighted by Crippen LogP contribution is 2.19. The second-order valence-corrected chi connectivity index (χ2v) is 5.34. The number of nitrogens with zero attached hydrogens (tertiary/aromatic N) is 2. The molecule has 0 aromatic carbocycles. The number of aryl methyl sites for hydroxylation is 1. The van der Waals surface area contributed by atoms with Crippen molar-refractivity contribution in [3.63, 3.8) is 0 Å². The van der Waals surface area contributed by atoms with Crippen LogP contribution in [0.2, 0.25) is 0 Å². The summed E-state index contributed by atoms with van der Waals surface area (Å²) in [6.45, 7) is 10.2. The molecule has 0 aliphatic carbocycles. The number of hydrogen-bond acceptors (Lipinski definition) is 3. The van der Waals surface area contributed by atoms with Crippen LogP contribution in [0.3, 0.4) is 0 Å². The maximum Gasteiger partial charge on any atom is 0.126 e. The second-order valence-electron chi connectivity index (χ2n) is 5.34. The van der Waals surface area contributed by atoms with Gasteiger partial charge < -0.3 is 10.2 Å². The molecule has 1 aliphatic heterocycles. The van der Waals surface area contributed by atoms with Gasteiger partial charge in [-0.1, -0.05) is 0 Å². The molecular formula is C14H23N3. The molecule has 1 fully saturated rings. The molecule has 1 aromatic heterocycles. The van der Waals surface area contributed by atoms with Crippen molar-refractivity contribution in [1.29, 1.82) is 0 Å². The van der Waals surface area contributed by atoms with E-state index in [2.05, 4.69) is 42.0 Å². The number of anilines is 1. The van der Waals surface area contributed by atoms with Gasteiger partial charge in [0.25, 0.3) is 0 Å². The van der Waals surface area contributed by atoms with Gasteiger partial charge in [-0.3, -0.25) is 0 Å². The Morgan fingerprint density at radius 3 is 3.00 bits per heavy atom. The molecule has 17 heavy (non-hydrogen) atoms. The van der Waals surface area contributed by atoms with Crippen molar-refractivity contribution in [2.24, 2.45) is 5.92 Å². The van der Waals surface area contributed by atoms with Crippen LogP contribution in [-0.2, 0) is 0 Å². The summed E-state index contributed by atoms with van der Waals surface area (Å²) in [7, 11) is 0. The fourth-order valence-corrected chi connectivity index (χ4v) is 2.38. The maximum absolute atomic E-state index is 4.33. The third kappa shape index (κ3) is 3.43. The average Bonchev–Trinajstić information content (AvgIpc) is 2.75. The first kappa shape index (κ1) is 12.4. The molecule has 2 heterocycles. The van der Waals surface area contributed by atoms with E-state index in [1.165, 1.54) is 25.1 Å². The first-order valence-corrected chi connectivity index (χ1v) is 6.55. The van der Waals surface area contributed by atoms with Crippen molar-refractivity contribution in [2.45, 2.75) is 33.2 Å². The van der Waals surface area contributed by atoms with Gasteiger partial charge in [-0.15, -0.1) is 0 Å². The Hall–Kier alpha value is -1.09. The number of hydrogen-bond donors (Lipinski definition) is 1. The zero-order valence-corrected chi connectivity index (χ0v) is 11.1. The summed E-state index contributed by atoms with van der Waals surface area (Å²) in [6.07, 6.45) is 3.17. The number of nitrogens with one attached hydrogen (secondary N) is 1. The van der Waals surface area contributed by atoms with Crippen LogP contribution >= 0.6 is 0 Å². The minimum Gasteiger partial charge on any atom is -0.370 e. The van der Waals surface area contributed by atoms with Crippen LogP contribution in [0.4, 0.5) is 5.82 Å². The van der Waals surface area contributed by atoms with Gasteiger partial charge >= 0.3 is 0 Å². The minimum absolute atomic E-state index is 0.678. The lowest BCUT2D eigenvalue weighted by atomic mass is 10.1. The lowest BCUT2D eigenvalue weighted by Gasteiger charge is -2.20. The van der Waals surface area contributed by atoms with Crippen LogP contribution in [0.1, 0.15) is 25.8 Å². The topological polar surface area (TPSA) is 28.2 Å². The van der Waals surface area contributed by atoms with Crippen molar-refractivity contribution < 1.29 is 0 Å². The molecule has 2 rings (SSSR count). The highest BCUT2D eigenvalue weighted by atomic mass is 15.2. The maximum atomic E-state index is 4.33. The largest absolute Gasteiger partial charge is 0.370 e. The van der Waals surface area contributed by atoms with Crippen molar-refractivity contribution >= 4 is 5.82 Å². The molecule has 1 aromatic rings. The summed E-state index contributed by atoms with van der Waals surface area (Å²) < 4.78 is 0. The van der Waals surface area contributed by atoms with Gasteiger partial charge in [-0.25, -0.2) is 4.98 Å². The van der Waals surface area contributed by atoms with Gasteiger partial charge in [0.15, 0.2) is 0 Å². The van der Waals surface area contributed by atoms with Gasteiger partial charge in [0.1, 0.15) is 5.82 Å². The fraction of sp³-hybridized carbons (Fsp3) is 0.643. The molecule has 3 nitrogen and oxygen atoms in total. The van der Waals surface area contributed by atoms with E-state index in [0.29, 0.717) is 6.04 Å². The predicted molar refractivity (Wildman–Crippen MR) is 72.3 cm³/mol. The standard InChI is InChI=1S/C14H23N3/c1-11(2)17-7-5-13(10-17)9-16-14-8-12(3)4-6-15-14/h4,6,8,11,13H,5,7,9-10H2,1-3H3,(H,15,16). The average molecular weight is 233 g/mol. The van der Waals surface area contributed by atoms with Gasteiger partial charge in [0.05, 0.1) is 0 Å². The first-order valence-electron chi connectivity index (χ1n) is 6.55. The Morgan fingerprint density at radius 1 is 1.53 bits per heavy atom. The van der Waals surface area contributed by atoms with Crippen molar-refractivity contribution in [2.75, 3.05) is 25.0 Å². The highest BCUT2D eigenvalue weighted by molar-refractivity contribution is 5.36. The molecule has 94 valence electrons. The van der Waals surface area contributed by atoms with E-state index in [1.807, 2.05) is 12.3 Å². The van der Waals surface area contributed by atoms with Gasteiger partial charge in [-0.2, -0.15) is 0 Å². The summed E-state index contributed by atoms with van der Waals surface area (Å²) in [6, 6.07) is 4.81. The van der Waals surface area contributed by atoms with Crippen molar-refractivity contribution in [3.05, 3.63) is 23.9 Å². The fourth-order valence-electron chi connectivity index (χ4n) is 2.38. The van der Waals surface area contributed by atoms with Crippen LogP contribution in [-0.4, -0.2) is 35.6 Å². The van der Waals surface area contributed by atoms with E-state index in [4.69, 9.17) is 0 Å². The van der Waals surface area contributed by atoms with Crippen LogP contribution in [0.25, 0.3) is 0 Å². The van der Waals surface area contributed by atoms with Crippen LogP contribution < -0.4 is 5.32 Å². The summed E-state index contributed by atoms with van der Waals surface area (Å²) in [4.78, 5) is 6.88. The first-order chi connectivity index (χ1) is 8.15. The molecule has 0 bridgehead atoms. The number of aromatic nitrogens is 1. The van der Waals surface area contributed by atoms with E-state index in [1.54, 1.807) is 0 Å². The smallest absolute Gasteiger partial charge is 0.126 e. The second kappa shape index (κ2) is 5.50. The Bertz CT molecular complexity index is 362. The quantitative estimate of drug-likeness (QED) is 0.866. The van der Waals surface area contributed by atoms with Crippen LogP contribution in [0, 0.1) is 12.8 Å². The Kier molecular flexibility index (Phi) is 4.00. The predicted octanol–water partition coefficient (Wildman–Crippen LogP) is 2.53. The van der Waals surface area contributed by atoms with Gasteiger partial charge in [-0.05, 0) is 57.4 Å². The van der Waals surface area contributed by atoms with E-state index in [0.717, 1.165) is 18.3 Å². The highest BCUT2D eigenvalue weighted by Gasteiger charge is 2.23. The van der Waals surface area contributed by atoms with Gasteiger partial charge in [0, 0.05) is 25.3 Å². The zero-order valence-electron chi connectivity index (χ0n) is 11.1. The molecule has 1 atom stereocenters.